The number of benzene rings is 1. The Morgan fingerprint density at radius 2 is 2.07 bits per heavy atom. The van der Waals surface area contributed by atoms with E-state index in [0.29, 0.717) is 0 Å². The third-order valence-corrected chi connectivity index (χ3v) is 2.86. The van der Waals surface area contributed by atoms with Crippen LogP contribution >= 0.6 is 0 Å². The molecule has 0 radical (unpaired) electrons. The van der Waals surface area contributed by atoms with Crippen molar-refractivity contribution in [3.63, 3.8) is 0 Å². The summed E-state index contributed by atoms with van der Waals surface area (Å²) in [7, 11) is 0. The van der Waals surface area contributed by atoms with Crippen molar-refractivity contribution in [2.45, 2.75) is 6.42 Å². The van der Waals surface area contributed by atoms with E-state index in [1.165, 1.54) is 5.57 Å². The van der Waals surface area contributed by atoms with Crippen LogP contribution in [0.3, 0.4) is 0 Å². The Morgan fingerprint density at radius 3 is 3.00 bits per heavy atom. The first-order valence-corrected chi connectivity index (χ1v) is 5.08. The summed E-state index contributed by atoms with van der Waals surface area (Å²) in [6.07, 6.45) is 7.18. The molecule has 1 aliphatic carbocycles. The molecule has 2 aliphatic rings. The normalized spacial score (nSPS) is 17.7. The standard InChI is InChI=1S/C13H12N2/c14-13-9-5-1-3-7-11(9)15-12-8-4-2-6-10(12)13/h1-5,7-8,15H,6,14H2. The number of nitrogens with two attached hydrogens (primary N) is 1. The number of allylic oxidation sites excluding steroid dienone is 4. The van der Waals surface area contributed by atoms with Gasteiger partial charge in [0.2, 0.25) is 0 Å². The van der Waals surface area contributed by atoms with Gasteiger partial charge < -0.3 is 11.1 Å². The molecule has 15 heavy (non-hydrogen) atoms. The highest BCUT2D eigenvalue weighted by Gasteiger charge is 2.19. The molecular formula is C13H12N2. The second kappa shape index (κ2) is 3.02. The van der Waals surface area contributed by atoms with Crippen LogP contribution < -0.4 is 11.1 Å². The number of rotatable bonds is 0. The van der Waals surface area contributed by atoms with Crippen LogP contribution in [0.2, 0.25) is 0 Å². The highest BCUT2D eigenvalue weighted by atomic mass is 14.9. The minimum absolute atomic E-state index is 0.903. The van der Waals surface area contributed by atoms with E-state index >= 15 is 0 Å². The van der Waals surface area contributed by atoms with Crippen molar-refractivity contribution in [3.05, 3.63) is 59.3 Å². The summed E-state index contributed by atoms with van der Waals surface area (Å²) < 4.78 is 0. The Hall–Kier alpha value is -1.96. The second-order valence-electron chi connectivity index (χ2n) is 3.78. The van der Waals surface area contributed by atoms with Gasteiger partial charge >= 0.3 is 0 Å². The lowest BCUT2D eigenvalue weighted by atomic mass is 9.93. The predicted octanol–water partition coefficient (Wildman–Crippen LogP) is 2.63. The van der Waals surface area contributed by atoms with E-state index in [-0.39, 0.29) is 0 Å². The maximum Gasteiger partial charge on any atom is 0.0478 e. The van der Waals surface area contributed by atoms with Gasteiger partial charge in [-0.05, 0) is 18.6 Å². The second-order valence-corrected chi connectivity index (χ2v) is 3.78. The van der Waals surface area contributed by atoms with Crippen molar-refractivity contribution in [1.29, 1.82) is 0 Å². The van der Waals surface area contributed by atoms with Gasteiger partial charge in [0.25, 0.3) is 0 Å². The molecule has 0 bridgehead atoms. The van der Waals surface area contributed by atoms with Crippen LogP contribution in [0.4, 0.5) is 5.69 Å². The summed E-state index contributed by atoms with van der Waals surface area (Å²) in [6, 6.07) is 8.14. The molecule has 2 nitrogen and oxygen atoms in total. The van der Waals surface area contributed by atoms with E-state index in [2.05, 4.69) is 35.7 Å². The van der Waals surface area contributed by atoms with E-state index in [1.807, 2.05) is 12.1 Å². The first-order chi connectivity index (χ1) is 7.36. The molecule has 74 valence electrons. The Kier molecular flexibility index (Phi) is 1.68. The molecule has 0 unspecified atom stereocenters. The highest BCUT2D eigenvalue weighted by molar-refractivity contribution is 5.85. The topological polar surface area (TPSA) is 38.0 Å². The van der Waals surface area contributed by atoms with Gasteiger partial charge in [0.1, 0.15) is 0 Å². The van der Waals surface area contributed by atoms with Gasteiger partial charge in [-0.2, -0.15) is 0 Å². The van der Waals surface area contributed by atoms with Gasteiger partial charge in [-0.25, -0.2) is 0 Å². The van der Waals surface area contributed by atoms with Crippen LogP contribution in [-0.2, 0) is 0 Å². The molecule has 0 aromatic heterocycles. The zero-order valence-electron chi connectivity index (χ0n) is 8.33. The molecule has 0 saturated heterocycles. The molecule has 1 aromatic carbocycles. The molecule has 0 spiro atoms. The number of nitrogens with one attached hydrogen (secondary N) is 1. The van der Waals surface area contributed by atoms with Crippen molar-refractivity contribution in [3.8, 4) is 0 Å². The van der Waals surface area contributed by atoms with Gasteiger partial charge in [0.15, 0.2) is 0 Å². The fraction of sp³-hybridized carbons (Fsp3) is 0.0769. The lowest BCUT2D eigenvalue weighted by molar-refractivity contribution is 1.15. The van der Waals surface area contributed by atoms with Crippen LogP contribution in [0, 0.1) is 0 Å². The fourth-order valence-electron chi connectivity index (χ4n) is 2.07. The van der Waals surface area contributed by atoms with Crippen LogP contribution in [0.1, 0.15) is 12.0 Å². The number of hydrogen-bond donors (Lipinski definition) is 2. The van der Waals surface area contributed by atoms with E-state index in [0.717, 1.165) is 29.1 Å². The zero-order valence-corrected chi connectivity index (χ0v) is 8.33. The zero-order chi connectivity index (χ0) is 10.3. The molecule has 3 N–H and O–H groups in total. The lowest BCUT2D eigenvalue weighted by Gasteiger charge is -2.25. The quantitative estimate of drug-likeness (QED) is 0.669. The average molecular weight is 196 g/mol. The third-order valence-electron chi connectivity index (χ3n) is 2.86. The minimum atomic E-state index is 0.903. The number of fused-ring (bicyclic) bond motifs is 2. The van der Waals surface area contributed by atoms with Gasteiger partial charge in [-0.15, -0.1) is 0 Å². The highest BCUT2D eigenvalue weighted by Crippen LogP contribution is 2.35. The molecule has 3 rings (SSSR count). The molecule has 0 fully saturated rings. The SMILES string of the molecule is NC1=C2CC=CC=C2Nc2ccccc21. The number of para-hydroxylation sites is 1. The van der Waals surface area contributed by atoms with Crippen molar-refractivity contribution < 1.29 is 0 Å². The van der Waals surface area contributed by atoms with Gasteiger partial charge in [0.05, 0.1) is 0 Å². The molecule has 1 aliphatic heterocycles. The summed E-state index contributed by atoms with van der Waals surface area (Å²) in [5, 5.41) is 3.40. The summed E-state index contributed by atoms with van der Waals surface area (Å²) in [5.41, 5.74) is 11.6. The average Bonchev–Trinajstić information content (AvgIpc) is 2.30. The van der Waals surface area contributed by atoms with Crippen LogP contribution in [0.25, 0.3) is 5.70 Å². The Balaban J connectivity index is 2.23. The molecule has 1 aromatic rings. The summed E-state index contributed by atoms with van der Waals surface area (Å²) in [6.45, 7) is 0. The summed E-state index contributed by atoms with van der Waals surface area (Å²) in [4.78, 5) is 0. The van der Waals surface area contributed by atoms with Gasteiger partial charge in [-0.3, -0.25) is 0 Å². The monoisotopic (exact) mass is 196 g/mol. The minimum Gasteiger partial charge on any atom is -0.398 e. The molecular weight excluding hydrogens is 184 g/mol. The lowest BCUT2D eigenvalue weighted by Crippen LogP contribution is -2.17. The van der Waals surface area contributed by atoms with E-state index in [4.69, 9.17) is 5.73 Å². The van der Waals surface area contributed by atoms with Crippen molar-refractivity contribution in [2.24, 2.45) is 5.73 Å². The van der Waals surface area contributed by atoms with E-state index in [9.17, 15) is 0 Å². The van der Waals surface area contributed by atoms with Crippen molar-refractivity contribution in [1.82, 2.24) is 0 Å². The summed E-state index contributed by atoms with van der Waals surface area (Å²) >= 11 is 0. The largest absolute Gasteiger partial charge is 0.398 e. The first kappa shape index (κ1) is 8.36. The van der Waals surface area contributed by atoms with E-state index < -0.39 is 0 Å². The van der Waals surface area contributed by atoms with Gasteiger partial charge in [-0.1, -0.05) is 30.4 Å². The van der Waals surface area contributed by atoms with Crippen LogP contribution in [0.15, 0.2) is 53.8 Å². The van der Waals surface area contributed by atoms with Crippen molar-refractivity contribution >= 4 is 11.4 Å². The number of anilines is 1. The maximum absolute atomic E-state index is 6.17. The maximum atomic E-state index is 6.17. The molecule has 2 heteroatoms. The third kappa shape index (κ3) is 1.18. The molecule has 0 amide bonds. The molecule has 0 atom stereocenters. The summed E-state index contributed by atoms with van der Waals surface area (Å²) in [5.74, 6) is 0. The van der Waals surface area contributed by atoms with Gasteiger partial charge in [0, 0.05) is 28.2 Å². The molecule has 1 heterocycles. The molecule has 0 saturated carbocycles. The Bertz CT molecular complexity index is 507. The fourth-order valence-corrected chi connectivity index (χ4v) is 2.07. The Labute approximate surface area is 88.8 Å². The van der Waals surface area contributed by atoms with Crippen LogP contribution in [0.5, 0.6) is 0 Å². The van der Waals surface area contributed by atoms with E-state index in [1.54, 1.807) is 0 Å². The van der Waals surface area contributed by atoms with Crippen LogP contribution in [-0.4, -0.2) is 0 Å². The Morgan fingerprint density at radius 1 is 1.20 bits per heavy atom. The van der Waals surface area contributed by atoms with Crippen molar-refractivity contribution in [2.75, 3.05) is 5.32 Å². The number of hydrogen-bond acceptors (Lipinski definition) is 2. The predicted molar refractivity (Wildman–Crippen MR) is 63.0 cm³/mol. The smallest absolute Gasteiger partial charge is 0.0478 e. The first-order valence-electron chi connectivity index (χ1n) is 5.08.